The summed E-state index contributed by atoms with van der Waals surface area (Å²) < 4.78 is 111. The van der Waals surface area contributed by atoms with E-state index in [2.05, 4.69) is 15.9 Å². The Balaban J connectivity index is 2.92. The van der Waals surface area contributed by atoms with Gasteiger partial charge in [-0.2, -0.15) is 0 Å². The molecule has 0 aliphatic carbocycles. The van der Waals surface area contributed by atoms with Gasteiger partial charge < -0.3 is 9.80 Å². The van der Waals surface area contributed by atoms with Gasteiger partial charge in [0.05, 0.1) is 5.48 Å². The van der Waals surface area contributed by atoms with Crippen LogP contribution in [0.15, 0.2) is 22.7 Å². The Labute approximate surface area is 120 Å². The summed E-state index contributed by atoms with van der Waals surface area (Å²) in [7, 11) is 0. The van der Waals surface area contributed by atoms with Crippen LogP contribution in [0.1, 0.15) is 24.8 Å². The number of rotatable bonds is 1. The molecule has 1 fully saturated rings. The van der Waals surface area contributed by atoms with Gasteiger partial charge in [0, 0.05) is 49.9 Å². The molecule has 0 bridgehead atoms. The highest BCUT2D eigenvalue weighted by Gasteiger charge is 2.15. The lowest BCUT2D eigenvalue weighted by molar-refractivity contribution is 0.312. The largest absolute Gasteiger partial charge is 0.369 e. The number of hydrogen-bond acceptors (Lipinski definition) is 2. The van der Waals surface area contributed by atoms with Gasteiger partial charge in [-0.05, 0) is 37.6 Å². The van der Waals surface area contributed by atoms with Crippen LogP contribution in [-0.4, -0.2) is 37.9 Å². The second-order valence-corrected chi connectivity index (χ2v) is 3.70. The summed E-state index contributed by atoms with van der Waals surface area (Å²) in [5, 5.41) is 0. The maximum absolute atomic E-state index is 8.25. The van der Waals surface area contributed by atoms with Gasteiger partial charge in [0.25, 0.3) is 0 Å². The van der Waals surface area contributed by atoms with E-state index in [0.717, 1.165) is 12.1 Å². The first-order chi connectivity index (χ1) is 12.6. The predicted molar refractivity (Wildman–Crippen MR) is 68.6 cm³/mol. The number of anilines is 1. The van der Waals surface area contributed by atoms with Gasteiger partial charge in [-0.15, -0.1) is 0 Å². The Kier molecular flexibility index (Phi) is 0.913. The van der Waals surface area contributed by atoms with E-state index < -0.39 is 56.0 Å². The van der Waals surface area contributed by atoms with E-state index in [1.165, 1.54) is 6.07 Å². The summed E-state index contributed by atoms with van der Waals surface area (Å²) in [6.07, 6.45) is 0. The van der Waals surface area contributed by atoms with Crippen molar-refractivity contribution in [2.24, 2.45) is 0 Å². The highest BCUT2D eigenvalue weighted by Crippen LogP contribution is 2.24. The Morgan fingerprint density at radius 3 is 2.80 bits per heavy atom. The molecule has 1 aliphatic heterocycles. The number of piperazine rings is 1. The first kappa shape index (κ1) is 3.02. The van der Waals surface area contributed by atoms with Crippen LogP contribution < -0.4 is 4.90 Å². The summed E-state index contributed by atoms with van der Waals surface area (Å²) in [6.45, 7) is -20.5. The molecule has 15 heavy (non-hydrogen) atoms. The molecule has 1 aromatic rings. The number of aryl methyl sites for hydroxylation is 1. The number of hydrogen-bond donors (Lipinski definition) is 0. The lowest BCUT2D eigenvalue weighted by atomic mass is 10.1. The first-order valence-electron chi connectivity index (χ1n) is 11.0. The first-order valence-corrected chi connectivity index (χ1v) is 4.81. The van der Waals surface area contributed by atoms with Crippen LogP contribution in [0.25, 0.3) is 0 Å². The SMILES string of the molecule is [2H]C([2H])([2H])c1cc(Br)ccc1N1C([2H])([2H])C([2H])([2H])N(C([2H])([2H])[2H])C([2H])([2H])C1([2H])[2H]. The third-order valence-corrected chi connectivity index (χ3v) is 2.24. The van der Waals surface area contributed by atoms with Crippen LogP contribution in [0.4, 0.5) is 5.69 Å². The van der Waals surface area contributed by atoms with Crippen molar-refractivity contribution < 1.29 is 19.2 Å². The Bertz CT molecular complexity index is 771. The van der Waals surface area contributed by atoms with Gasteiger partial charge in [-0.1, -0.05) is 15.9 Å². The fraction of sp³-hybridized carbons (Fsp3) is 0.500. The summed E-state index contributed by atoms with van der Waals surface area (Å²) in [4.78, 5) is -0.423. The van der Waals surface area contributed by atoms with Crippen LogP contribution in [0, 0.1) is 6.85 Å². The average molecular weight is 283 g/mol. The number of likely N-dealkylation sites (N-methyl/N-ethyl adjacent to an activating group) is 1. The van der Waals surface area contributed by atoms with Crippen LogP contribution in [0.5, 0.6) is 0 Å². The smallest absolute Gasteiger partial charge is 0.0506 e. The number of halogens is 1. The van der Waals surface area contributed by atoms with Crippen molar-refractivity contribution in [3.05, 3.63) is 28.2 Å². The van der Waals surface area contributed by atoms with Crippen molar-refractivity contribution in [2.75, 3.05) is 37.9 Å². The maximum atomic E-state index is 8.25. The van der Waals surface area contributed by atoms with Crippen LogP contribution in [0.3, 0.4) is 0 Å². The lowest BCUT2D eigenvalue weighted by Gasteiger charge is -2.34. The molecule has 1 aliphatic rings. The van der Waals surface area contributed by atoms with Gasteiger partial charge >= 0.3 is 0 Å². The molecule has 2 nitrogen and oxygen atoms in total. The highest BCUT2D eigenvalue weighted by molar-refractivity contribution is 9.10. The molecule has 0 amide bonds. The molecule has 1 aromatic carbocycles. The zero-order chi connectivity index (χ0) is 23.0. The maximum Gasteiger partial charge on any atom is 0.0506 e. The van der Waals surface area contributed by atoms with Crippen LogP contribution in [0.2, 0.25) is 0 Å². The van der Waals surface area contributed by atoms with E-state index in [1.54, 1.807) is 0 Å². The van der Waals surface area contributed by atoms with Crippen molar-refractivity contribution in [2.45, 2.75) is 6.85 Å². The van der Waals surface area contributed by atoms with Crippen LogP contribution in [-0.2, 0) is 0 Å². The molecule has 0 aromatic heterocycles. The third kappa shape index (κ3) is 2.52. The van der Waals surface area contributed by atoms with Crippen molar-refractivity contribution in [1.82, 2.24) is 4.90 Å². The zero-order valence-corrected chi connectivity index (χ0v) is 9.09. The molecular formula is C12H17BrN2. The molecule has 0 radical (unpaired) electrons. The zero-order valence-electron chi connectivity index (χ0n) is 21.5. The minimum Gasteiger partial charge on any atom is -0.369 e. The minimum absolute atomic E-state index is 0.0381. The van der Waals surface area contributed by atoms with E-state index in [-0.39, 0.29) is 9.37 Å². The second kappa shape index (κ2) is 4.54. The molecule has 0 spiro atoms. The van der Waals surface area contributed by atoms with E-state index in [9.17, 15) is 0 Å². The number of benzene rings is 1. The fourth-order valence-corrected chi connectivity index (χ4v) is 1.44. The molecule has 1 heterocycles. The topological polar surface area (TPSA) is 6.48 Å². The molecular weight excluding hydrogens is 252 g/mol. The lowest BCUT2D eigenvalue weighted by Crippen LogP contribution is -2.44. The molecule has 0 unspecified atom stereocenters. The van der Waals surface area contributed by atoms with Gasteiger partial charge in [0.1, 0.15) is 0 Å². The average Bonchev–Trinajstić information content (AvgIpc) is 2.43. The fourth-order valence-electron chi connectivity index (χ4n) is 1.08. The van der Waals surface area contributed by atoms with E-state index in [1.807, 2.05) is 0 Å². The van der Waals surface area contributed by atoms with Crippen LogP contribution >= 0.6 is 15.9 Å². The second-order valence-electron chi connectivity index (χ2n) is 2.78. The van der Waals surface area contributed by atoms with E-state index in [4.69, 9.17) is 19.2 Å². The summed E-state index contributed by atoms with van der Waals surface area (Å²) >= 11 is 3.06. The summed E-state index contributed by atoms with van der Waals surface area (Å²) in [5.41, 5.74) is -1.19. The number of nitrogens with zero attached hydrogens (tertiary/aromatic N) is 2. The minimum atomic E-state index is -3.58. The standard InChI is InChI=1S/C12H17BrN2/c1-10-9-11(13)3-4-12(10)15-7-5-14(2)6-8-15/h3-4,9H,5-8H2,1-2H3/i1D3,2D3,5D2,6D2,7D2,8D2. The Hall–Kier alpha value is -0.540. The quantitative estimate of drug-likeness (QED) is 0.781. The van der Waals surface area contributed by atoms with Crippen molar-refractivity contribution in [1.29, 1.82) is 0 Å². The summed E-state index contributed by atoms with van der Waals surface area (Å²) in [6, 6.07) is 3.34. The van der Waals surface area contributed by atoms with Crippen molar-refractivity contribution in [3.8, 4) is 0 Å². The summed E-state index contributed by atoms with van der Waals surface area (Å²) in [5.74, 6) is 0. The van der Waals surface area contributed by atoms with Gasteiger partial charge in [-0.25, -0.2) is 0 Å². The normalized spacial score (nSPS) is 47.1. The molecule has 3 heteroatoms. The Morgan fingerprint density at radius 1 is 1.33 bits per heavy atom. The van der Waals surface area contributed by atoms with E-state index >= 15 is 0 Å². The van der Waals surface area contributed by atoms with Gasteiger partial charge in [-0.3, -0.25) is 0 Å². The van der Waals surface area contributed by atoms with Crippen molar-refractivity contribution in [3.63, 3.8) is 0 Å². The molecule has 0 saturated carbocycles. The van der Waals surface area contributed by atoms with Crippen molar-refractivity contribution >= 4 is 21.6 Å². The molecule has 0 atom stereocenters. The van der Waals surface area contributed by atoms with E-state index in [0.29, 0.717) is 0 Å². The monoisotopic (exact) mass is 282 g/mol. The Morgan fingerprint density at radius 2 is 2.13 bits per heavy atom. The highest BCUT2D eigenvalue weighted by atomic mass is 79.9. The van der Waals surface area contributed by atoms with Gasteiger partial charge in [0.15, 0.2) is 0 Å². The molecule has 2 rings (SSSR count). The van der Waals surface area contributed by atoms with Gasteiger partial charge in [0.2, 0.25) is 0 Å². The molecule has 82 valence electrons. The predicted octanol–water partition coefficient (Wildman–Crippen LogP) is 2.51. The molecule has 1 saturated heterocycles. The third-order valence-electron chi connectivity index (χ3n) is 1.75. The molecule has 0 N–H and O–H groups in total.